The molecule has 6 nitrogen and oxygen atoms in total. The number of fused-ring (bicyclic) bond motifs is 4. The molecule has 3 aliphatic heterocycles. The Balaban J connectivity index is 1.45. The molecule has 2 aromatic carbocycles. The molecule has 3 atom stereocenters. The summed E-state index contributed by atoms with van der Waals surface area (Å²) in [7, 11) is 3.75. The number of likely N-dealkylation sites (tertiary alicyclic amines) is 1. The SMILES string of the molecule is COc1cc(Br)c2c(c1)C1CN(C)CC(CN3C(=O)c4ccccc4C3=O)C1CO2. The summed E-state index contributed by atoms with van der Waals surface area (Å²) in [5.41, 5.74) is 2.13. The first-order chi connectivity index (χ1) is 14.5. The van der Waals surface area contributed by atoms with Crippen LogP contribution in [-0.4, -0.2) is 62.0 Å². The van der Waals surface area contributed by atoms with Gasteiger partial charge in [0.25, 0.3) is 11.8 Å². The van der Waals surface area contributed by atoms with Crippen LogP contribution in [0.15, 0.2) is 40.9 Å². The van der Waals surface area contributed by atoms with Crippen molar-refractivity contribution in [3.05, 3.63) is 57.6 Å². The third kappa shape index (κ3) is 3.03. The van der Waals surface area contributed by atoms with Crippen molar-refractivity contribution in [1.82, 2.24) is 9.80 Å². The molecular weight excluding hydrogens is 448 g/mol. The number of amides is 2. The van der Waals surface area contributed by atoms with Crippen LogP contribution in [-0.2, 0) is 0 Å². The molecule has 0 aromatic heterocycles. The topological polar surface area (TPSA) is 59.1 Å². The van der Waals surface area contributed by atoms with Gasteiger partial charge in [-0.1, -0.05) is 12.1 Å². The van der Waals surface area contributed by atoms with Gasteiger partial charge in [0.2, 0.25) is 0 Å². The zero-order valence-corrected chi connectivity index (χ0v) is 18.5. The van der Waals surface area contributed by atoms with Gasteiger partial charge < -0.3 is 14.4 Å². The zero-order chi connectivity index (χ0) is 21.0. The number of ether oxygens (including phenoxy) is 2. The van der Waals surface area contributed by atoms with E-state index in [0.29, 0.717) is 24.3 Å². The average Bonchev–Trinajstić information content (AvgIpc) is 2.98. The highest BCUT2D eigenvalue weighted by molar-refractivity contribution is 9.10. The molecule has 0 radical (unpaired) electrons. The predicted octanol–water partition coefficient (Wildman–Crippen LogP) is 3.41. The first kappa shape index (κ1) is 19.6. The fraction of sp³-hybridized carbons (Fsp3) is 0.391. The highest BCUT2D eigenvalue weighted by Crippen LogP contribution is 2.48. The second-order valence-electron chi connectivity index (χ2n) is 8.36. The smallest absolute Gasteiger partial charge is 0.261 e. The second-order valence-corrected chi connectivity index (χ2v) is 9.21. The van der Waals surface area contributed by atoms with Crippen molar-refractivity contribution in [3.63, 3.8) is 0 Å². The van der Waals surface area contributed by atoms with E-state index >= 15 is 0 Å². The lowest BCUT2D eigenvalue weighted by Crippen LogP contribution is -2.51. The first-order valence-electron chi connectivity index (χ1n) is 10.1. The summed E-state index contributed by atoms with van der Waals surface area (Å²) in [6.45, 7) is 2.70. The Morgan fingerprint density at radius 1 is 1.13 bits per heavy atom. The summed E-state index contributed by atoms with van der Waals surface area (Å²) in [5.74, 6) is 1.87. The van der Waals surface area contributed by atoms with Gasteiger partial charge >= 0.3 is 0 Å². The van der Waals surface area contributed by atoms with Crippen molar-refractivity contribution in [2.45, 2.75) is 5.92 Å². The van der Waals surface area contributed by atoms with Gasteiger partial charge in [-0.25, -0.2) is 0 Å². The molecule has 2 amide bonds. The number of halogens is 1. The molecule has 0 aliphatic carbocycles. The summed E-state index contributed by atoms with van der Waals surface area (Å²) in [5, 5.41) is 0. The summed E-state index contributed by atoms with van der Waals surface area (Å²) in [6, 6.07) is 11.0. The van der Waals surface area contributed by atoms with E-state index in [1.165, 1.54) is 4.90 Å². The molecule has 3 aliphatic rings. The van der Waals surface area contributed by atoms with Crippen LogP contribution in [0.2, 0.25) is 0 Å². The minimum absolute atomic E-state index is 0.133. The number of methoxy groups -OCH3 is 1. The minimum atomic E-state index is -0.193. The third-order valence-corrected chi connectivity index (χ3v) is 7.16. The van der Waals surface area contributed by atoms with Crippen LogP contribution >= 0.6 is 15.9 Å². The normalized spacial score (nSPS) is 25.4. The van der Waals surface area contributed by atoms with Crippen LogP contribution in [0.5, 0.6) is 11.5 Å². The van der Waals surface area contributed by atoms with Crippen LogP contribution in [0.4, 0.5) is 0 Å². The quantitative estimate of drug-likeness (QED) is 0.643. The largest absolute Gasteiger partial charge is 0.497 e. The lowest BCUT2D eigenvalue weighted by molar-refractivity contribution is 0.0337. The first-order valence-corrected chi connectivity index (χ1v) is 10.9. The lowest BCUT2D eigenvalue weighted by atomic mass is 9.73. The monoisotopic (exact) mass is 470 g/mol. The summed E-state index contributed by atoms with van der Waals surface area (Å²) in [4.78, 5) is 29.5. The van der Waals surface area contributed by atoms with Gasteiger partial charge in [-0.05, 0) is 53.2 Å². The Hall–Kier alpha value is -2.38. The van der Waals surface area contributed by atoms with E-state index in [2.05, 4.69) is 33.9 Å². The number of rotatable bonds is 3. The molecule has 30 heavy (non-hydrogen) atoms. The maximum absolute atomic E-state index is 12.9. The van der Waals surface area contributed by atoms with E-state index in [0.717, 1.165) is 34.6 Å². The summed E-state index contributed by atoms with van der Waals surface area (Å²) in [6.07, 6.45) is 0. The van der Waals surface area contributed by atoms with E-state index < -0.39 is 0 Å². The van der Waals surface area contributed by atoms with Crippen molar-refractivity contribution in [2.75, 3.05) is 40.4 Å². The Morgan fingerprint density at radius 3 is 2.50 bits per heavy atom. The van der Waals surface area contributed by atoms with E-state index in [9.17, 15) is 9.59 Å². The number of likely N-dealkylation sites (N-methyl/N-ethyl adjacent to an activating group) is 1. The predicted molar refractivity (Wildman–Crippen MR) is 115 cm³/mol. The van der Waals surface area contributed by atoms with Crippen LogP contribution in [0, 0.1) is 11.8 Å². The van der Waals surface area contributed by atoms with Gasteiger partial charge in [0.1, 0.15) is 11.5 Å². The Labute approximate surface area is 183 Å². The highest BCUT2D eigenvalue weighted by Gasteiger charge is 2.45. The summed E-state index contributed by atoms with van der Waals surface area (Å²) >= 11 is 3.61. The standard InChI is InChI=1S/C23H23BrN2O4/c1-25-9-13(10-26-22(27)15-5-3-4-6-16(15)23(26)28)19-12-30-21-17(18(19)11-25)7-14(29-2)8-20(21)24/h3-8,13,18-19H,9-12H2,1-2H3. The Bertz CT molecular complexity index is 1000. The van der Waals surface area contributed by atoms with Gasteiger partial charge in [-0.2, -0.15) is 0 Å². The van der Waals surface area contributed by atoms with Gasteiger partial charge in [-0.3, -0.25) is 14.5 Å². The fourth-order valence-electron chi connectivity index (χ4n) is 5.14. The van der Waals surface area contributed by atoms with Crippen molar-refractivity contribution in [3.8, 4) is 11.5 Å². The van der Waals surface area contributed by atoms with Crippen molar-refractivity contribution in [2.24, 2.45) is 11.8 Å². The number of carbonyl (C=O) groups excluding carboxylic acids is 2. The third-order valence-electron chi connectivity index (χ3n) is 6.57. The molecule has 0 spiro atoms. The maximum atomic E-state index is 12.9. The second kappa shape index (κ2) is 7.39. The van der Waals surface area contributed by atoms with Gasteiger partial charge in [-0.15, -0.1) is 0 Å². The van der Waals surface area contributed by atoms with E-state index in [1.807, 2.05) is 6.07 Å². The van der Waals surface area contributed by atoms with Crippen molar-refractivity contribution < 1.29 is 19.1 Å². The van der Waals surface area contributed by atoms with Crippen LogP contribution in [0.3, 0.4) is 0 Å². The molecule has 3 unspecified atom stereocenters. The van der Waals surface area contributed by atoms with Gasteiger partial charge in [0.15, 0.2) is 0 Å². The Morgan fingerprint density at radius 2 is 1.83 bits per heavy atom. The lowest BCUT2D eigenvalue weighted by Gasteiger charge is -2.46. The number of imide groups is 1. The molecule has 5 rings (SSSR count). The molecule has 2 aromatic rings. The molecule has 1 saturated heterocycles. The molecule has 3 heterocycles. The van der Waals surface area contributed by atoms with Gasteiger partial charge in [0, 0.05) is 37.0 Å². The highest BCUT2D eigenvalue weighted by atomic mass is 79.9. The van der Waals surface area contributed by atoms with Crippen molar-refractivity contribution in [1.29, 1.82) is 0 Å². The molecule has 0 saturated carbocycles. The molecule has 156 valence electrons. The molecule has 0 bridgehead atoms. The number of hydrogen-bond donors (Lipinski definition) is 0. The van der Waals surface area contributed by atoms with Gasteiger partial charge in [0.05, 0.1) is 29.3 Å². The van der Waals surface area contributed by atoms with Crippen LogP contribution in [0.25, 0.3) is 0 Å². The number of benzene rings is 2. The fourth-order valence-corrected chi connectivity index (χ4v) is 5.71. The van der Waals surface area contributed by atoms with Crippen molar-refractivity contribution >= 4 is 27.7 Å². The number of hydrogen-bond acceptors (Lipinski definition) is 5. The Kier molecular flexibility index (Phi) is 4.82. The molecule has 0 N–H and O–H groups in total. The zero-order valence-electron chi connectivity index (χ0n) is 16.9. The number of carbonyl (C=O) groups is 2. The van der Waals surface area contributed by atoms with Crippen LogP contribution in [0.1, 0.15) is 32.2 Å². The van der Waals surface area contributed by atoms with E-state index in [1.54, 1.807) is 31.4 Å². The molecular formula is C23H23BrN2O4. The number of piperidine rings is 1. The maximum Gasteiger partial charge on any atom is 0.261 e. The average molecular weight is 471 g/mol. The minimum Gasteiger partial charge on any atom is -0.497 e. The van der Waals surface area contributed by atoms with Crippen LogP contribution < -0.4 is 9.47 Å². The molecule has 1 fully saturated rings. The van der Waals surface area contributed by atoms with E-state index in [4.69, 9.17) is 9.47 Å². The van der Waals surface area contributed by atoms with E-state index in [-0.39, 0.29) is 29.6 Å². The molecule has 7 heteroatoms. The number of nitrogens with zero attached hydrogens (tertiary/aromatic N) is 2. The summed E-state index contributed by atoms with van der Waals surface area (Å²) < 4.78 is 12.5.